The Balaban J connectivity index is 1.55. The van der Waals surface area contributed by atoms with Crippen LogP contribution in [0.5, 0.6) is 0 Å². The molecule has 0 radical (unpaired) electrons. The number of hydrogen-bond donors (Lipinski definition) is 1. The minimum atomic E-state index is -4.69. The summed E-state index contributed by atoms with van der Waals surface area (Å²) >= 11 is 0. The first-order valence-electron chi connectivity index (χ1n) is 9.42. The van der Waals surface area contributed by atoms with E-state index in [1.807, 2.05) is 4.90 Å². The monoisotopic (exact) mass is 425 g/mol. The summed E-state index contributed by atoms with van der Waals surface area (Å²) in [7, 11) is 1.05. The Hall–Kier alpha value is -2.95. The molecule has 11 heteroatoms. The molecule has 0 aliphatic carbocycles. The number of piperidine rings is 1. The maximum absolute atomic E-state index is 13.0. The van der Waals surface area contributed by atoms with Crippen LogP contribution >= 0.6 is 0 Å². The van der Waals surface area contributed by atoms with Crippen molar-refractivity contribution in [2.24, 2.45) is 7.05 Å². The number of hydrogen-bond acceptors (Lipinski definition) is 5. The lowest BCUT2D eigenvalue weighted by Crippen LogP contribution is -2.41. The van der Waals surface area contributed by atoms with Crippen LogP contribution < -0.4 is 11.0 Å². The number of ketones is 1. The van der Waals surface area contributed by atoms with Crippen LogP contribution in [0.4, 0.5) is 18.9 Å². The zero-order chi connectivity index (χ0) is 22.1. The second kappa shape index (κ2) is 8.42. The topological polar surface area (TPSA) is 89.2 Å². The fourth-order valence-electron chi connectivity index (χ4n) is 3.45. The van der Waals surface area contributed by atoms with E-state index in [4.69, 9.17) is 0 Å². The fourth-order valence-corrected chi connectivity index (χ4v) is 3.45. The van der Waals surface area contributed by atoms with Crippen molar-refractivity contribution >= 4 is 17.4 Å². The highest BCUT2D eigenvalue weighted by Gasteiger charge is 2.39. The first kappa shape index (κ1) is 21.8. The zero-order valence-electron chi connectivity index (χ0n) is 16.6. The number of amides is 1. The van der Waals surface area contributed by atoms with Gasteiger partial charge in [-0.2, -0.15) is 13.2 Å². The van der Waals surface area contributed by atoms with Gasteiger partial charge in [-0.15, -0.1) is 5.10 Å². The predicted molar refractivity (Wildman–Crippen MR) is 102 cm³/mol. The normalized spacial score (nSPS) is 15.9. The fraction of sp³-hybridized carbons (Fsp3) is 0.474. The smallest absolute Gasteiger partial charge is 0.325 e. The Morgan fingerprint density at radius 1 is 1.17 bits per heavy atom. The Labute approximate surface area is 170 Å². The van der Waals surface area contributed by atoms with Gasteiger partial charge < -0.3 is 5.32 Å². The molecule has 0 saturated carbocycles. The second-order valence-corrected chi connectivity index (χ2v) is 7.30. The molecule has 0 unspecified atom stereocenters. The van der Waals surface area contributed by atoms with E-state index < -0.39 is 23.7 Å². The first-order chi connectivity index (χ1) is 14.1. The molecular formula is C19H22F3N5O3. The van der Waals surface area contributed by atoms with E-state index in [1.165, 1.54) is 6.92 Å². The highest BCUT2D eigenvalue weighted by molar-refractivity contribution is 5.96. The van der Waals surface area contributed by atoms with Crippen LogP contribution in [0, 0.1) is 0 Å². The third-order valence-corrected chi connectivity index (χ3v) is 5.10. The third kappa shape index (κ3) is 4.78. The molecule has 1 aromatic heterocycles. The van der Waals surface area contributed by atoms with Crippen molar-refractivity contribution in [1.29, 1.82) is 0 Å². The summed E-state index contributed by atoms with van der Waals surface area (Å²) in [4.78, 5) is 37.5. The number of benzene rings is 1. The Morgan fingerprint density at radius 2 is 1.77 bits per heavy atom. The molecule has 1 fully saturated rings. The number of anilines is 1. The van der Waals surface area contributed by atoms with Crippen molar-refractivity contribution in [3.05, 3.63) is 46.1 Å². The van der Waals surface area contributed by atoms with Crippen molar-refractivity contribution in [3.8, 4) is 0 Å². The van der Waals surface area contributed by atoms with Gasteiger partial charge in [-0.3, -0.25) is 19.1 Å². The summed E-state index contributed by atoms with van der Waals surface area (Å²) in [5.41, 5.74) is 0.320. The van der Waals surface area contributed by atoms with Crippen LogP contribution in [-0.4, -0.2) is 50.6 Å². The second-order valence-electron chi connectivity index (χ2n) is 7.30. The van der Waals surface area contributed by atoms with E-state index in [-0.39, 0.29) is 18.2 Å². The highest BCUT2D eigenvalue weighted by Crippen LogP contribution is 2.28. The summed E-state index contributed by atoms with van der Waals surface area (Å²) in [6.45, 7) is 2.48. The average molecular weight is 425 g/mol. The maximum Gasteiger partial charge on any atom is 0.451 e. The maximum atomic E-state index is 13.0. The number of halogens is 3. The number of nitrogens with one attached hydrogen (secondary N) is 1. The molecule has 8 nitrogen and oxygen atoms in total. The molecule has 1 aliphatic rings. The molecule has 2 heterocycles. The summed E-state index contributed by atoms with van der Waals surface area (Å²) < 4.78 is 40.3. The molecule has 162 valence electrons. The molecule has 0 spiro atoms. The predicted octanol–water partition coefficient (Wildman–Crippen LogP) is 2.08. The van der Waals surface area contributed by atoms with E-state index in [1.54, 1.807) is 24.3 Å². The van der Waals surface area contributed by atoms with Gasteiger partial charge in [-0.1, -0.05) is 0 Å². The highest BCUT2D eigenvalue weighted by atomic mass is 19.4. The number of carbonyl (C=O) groups excluding carboxylic acids is 2. The molecule has 0 bridgehead atoms. The number of alkyl halides is 3. The molecule has 1 amide bonds. The van der Waals surface area contributed by atoms with Crippen LogP contribution in [0.1, 0.15) is 42.0 Å². The van der Waals surface area contributed by atoms with Crippen LogP contribution in [0.15, 0.2) is 29.1 Å². The van der Waals surface area contributed by atoms with Gasteiger partial charge in [-0.05, 0) is 44.0 Å². The van der Waals surface area contributed by atoms with Crippen molar-refractivity contribution in [2.45, 2.75) is 32.0 Å². The van der Waals surface area contributed by atoms with Crippen molar-refractivity contribution in [3.63, 3.8) is 0 Å². The summed E-state index contributed by atoms with van der Waals surface area (Å²) in [6, 6.07) is 6.10. The first-order valence-corrected chi connectivity index (χ1v) is 9.42. The minimum Gasteiger partial charge on any atom is -0.325 e. The molecule has 30 heavy (non-hydrogen) atoms. The molecular weight excluding hydrogens is 403 g/mol. The van der Waals surface area contributed by atoms with Crippen LogP contribution in [-0.2, 0) is 18.0 Å². The largest absolute Gasteiger partial charge is 0.451 e. The summed E-state index contributed by atoms with van der Waals surface area (Å²) in [5, 5.41) is 6.23. The Bertz CT molecular complexity index is 986. The number of aromatic nitrogens is 3. The number of carbonyl (C=O) groups is 2. The number of likely N-dealkylation sites (tertiary alicyclic amines) is 1. The summed E-state index contributed by atoms with van der Waals surface area (Å²) in [6.07, 6.45) is -3.87. The average Bonchev–Trinajstić information content (AvgIpc) is 2.98. The van der Waals surface area contributed by atoms with Crippen LogP contribution in [0.25, 0.3) is 0 Å². The quantitative estimate of drug-likeness (QED) is 0.741. The van der Waals surface area contributed by atoms with Gasteiger partial charge >= 0.3 is 11.9 Å². The van der Waals surface area contributed by atoms with Crippen LogP contribution in [0.2, 0.25) is 0 Å². The molecule has 3 rings (SSSR count). The molecule has 0 atom stereocenters. The van der Waals surface area contributed by atoms with Crippen molar-refractivity contribution < 1.29 is 22.8 Å². The van der Waals surface area contributed by atoms with Crippen molar-refractivity contribution in [2.75, 3.05) is 25.0 Å². The van der Waals surface area contributed by atoms with E-state index in [2.05, 4.69) is 10.4 Å². The van der Waals surface area contributed by atoms with E-state index in [0.717, 1.165) is 11.7 Å². The number of rotatable bonds is 5. The van der Waals surface area contributed by atoms with E-state index in [0.29, 0.717) is 41.7 Å². The SMILES string of the molecule is CC(=O)c1ccc(NC(=O)CN2CCC(n3nc(C(F)(F)F)n(C)c3=O)CC2)cc1. The number of Topliss-reactive ketones (excluding diaryl/α,β-unsaturated/α-hetero) is 1. The Kier molecular flexibility index (Phi) is 6.11. The van der Waals surface area contributed by atoms with Gasteiger partial charge in [0.1, 0.15) is 0 Å². The molecule has 1 N–H and O–H groups in total. The molecule has 1 aromatic carbocycles. The van der Waals surface area contributed by atoms with Gasteiger partial charge in [0.05, 0.1) is 12.6 Å². The lowest BCUT2D eigenvalue weighted by Gasteiger charge is -2.30. The zero-order valence-corrected chi connectivity index (χ0v) is 16.6. The summed E-state index contributed by atoms with van der Waals surface area (Å²) in [5.74, 6) is -1.52. The lowest BCUT2D eigenvalue weighted by atomic mass is 10.1. The van der Waals surface area contributed by atoms with E-state index >= 15 is 0 Å². The van der Waals surface area contributed by atoms with Gasteiger partial charge in [0.15, 0.2) is 5.78 Å². The lowest BCUT2D eigenvalue weighted by molar-refractivity contribution is -0.147. The molecule has 1 saturated heterocycles. The minimum absolute atomic E-state index is 0.0647. The standard InChI is InChI=1S/C19H22F3N5O3/c1-12(28)13-3-5-14(6-4-13)23-16(29)11-26-9-7-15(8-10-26)27-18(30)25(2)17(24-27)19(20,21)22/h3-6,15H,7-11H2,1-2H3,(H,23,29). The number of nitrogens with zero attached hydrogens (tertiary/aromatic N) is 4. The van der Waals surface area contributed by atoms with Gasteiger partial charge in [0.2, 0.25) is 11.7 Å². The molecule has 1 aliphatic heterocycles. The Morgan fingerprint density at radius 3 is 2.27 bits per heavy atom. The van der Waals surface area contributed by atoms with Gasteiger partial charge in [-0.25, -0.2) is 9.48 Å². The van der Waals surface area contributed by atoms with Gasteiger partial charge in [0.25, 0.3) is 0 Å². The van der Waals surface area contributed by atoms with Crippen molar-refractivity contribution in [1.82, 2.24) is 19.2 Å². The van der Waals surface area contributed by atoms with E-state index in [9.17, 15) is 27.6 Å². The molecule has 2 aromatic rings. The third-order valence-electron chi connectivity index (χ3n) is 5.10. The van der Waals surface area contributed by atoms with Gasteiger partial charge in [0, 0.05) is 31.4 Å². The van der Waals surface area contributed by atoms with Crippen LogP contribution in [0.3, 0.4) is 0 Å².